The van der Waals surface area contributed by atoms with Crippen LogP contribution in [0.25, 0.3) is 0 Å². The molecule has 0 N–H and O–H groups in total. The van der Waals surface area contributed by atoms with Gasteiger partial charge in [-0.05, 0) is 31.6 Å². The van der Waals surface area contributed by atoms with E-state index < -0.39 is 10.2 Å². The van der Waals surface area contributed by atoms with Gasteiger partial charge in [0, 0.05) is 38.5 Å². The van der Waals surface area contributed by atoms with E-state index in [2.05, 4.69) is 0 Å². The molecule has 2 fully saturated rings. The van der Waals surface area contributed by atoms with Crippen LogP contribution in [0.3, 0.4) is 0 Å². The van der Waals surface area contributed by atoms with Crippen molar-refractivity contribution in [1.82, 2.24) is 8.61 Å². The lowest BCUT2D eigenvalue weighted by Gasteiger charge is -2.34. The summed E-state index contributed by atoms with van der Waals surface area (Å²) < 4.78 is 28.1. The molecule has 0 aromatic rings. The van der Waals surface area contributed by atoms with Crippen molar-refractivity contribution in [3.8, 4) is 0 Å². The topological polar surface area (TPSA) is 57.7 Å². The van der Waals surface area contributed by atoms with Crippen LogP contribution in [0.1, 0.15) is 46.0 Å². The van der Waals surface area contributed by atoms with Gasteiger partial charge in [-0.25, -0.2) is 0 Å². The summed E-state index contributed by atoms with van der Waals surface area (Å²) in [7, 11) is -3.34. The molecule has 20 heavy (non-hydrogen) atoms. The lowest BCUT2D eigenvalue weighted by Crippen LogP contribution is -2.48. The quantitative estimate of drug-likeness (QED) is 0.776. The van der Waals surface area contributed by atoms with Gasteiger partial charge in [-0.15, -0.1) is 0 Å². The largest absolute Gasteiger partial charge is 0.299 e. The van der Waals surface area contributed by atoms with Crippen LogP contribution in [0.5, 0.6) is 0 Å². The molecule has 0 aliphatic carbocycles. The molecule has 1 atom stereocenters. The summed E-state index contributed by atoms with van der Waals surface area (Å²) in [5.41, 5.74) is 0. The molecule has 0 amide bonds. The summed E-state index contributed by atoms with van der Waals surface area (Å²) in [4.78, 5) is 12.2. The highest BCUT2D eigenvalue weighted by atomic mass is 32.2. The fourth-order valence-electron chi connectivity index (χ4n) is 3.07. The van der Waals surface area contributed by atoms with Crippen LogP contribution in [0, 0.1) is 11.8 Å². The molecule has 0 spiro atoms. The second kappa shape index (κ2) is 6.54. The number of carbonyl (C=O) groups excluding carboxylic acids is 1. The van der Waals surface area contributed by atoms with Gasteiger partial charge in [0.15, 0.2) is 0 Å². The van der Waals surface area contributed by atoms with Crippen molar-refractivity contribution in [2.75, 3.05) is 26.2 Å². The Morgan fingerprint density at radius 1 is 1.10 bits per heavy atom. The maximum absolute atomic E-state index is 12.5. The zero-order chi connectivity index (χ0) is 14.8. The van der Waals surface area contributed by atoms with Crippen molar-refractivity contribution in [1.29, 1.82) is 0 Å². The number of ketones is 1. The van der Waals surface area contributed by atoms with E-state index >= 15 is 0 Å². The molecule has 0 saturated carbocycles. The average Bonchev–Trinajstić information content (AvgIpc) is 2.92. The van der Waals surface area contributed by atoms with Crippen LogP contribution >= 0.6 is 0 Å². The molecule has 2 rings (SSSR count). The third-order valence-electron chi connectivity index (χ3n) is 4.17. The third-order valence-corrected chi connectivity index (χ3v) is 6.17. The van der Waals surface area contributed by atoms with Gasteiger partial charge >= 0.3 is 0 Å². The van der Waals surface area contributed by atoms with Crippen molar-refractivity contribution >= 4 is 16.0 Å². The van der Waals surface area contributed by atoms with Gasteiger partial charge in [0.2, 0.25) is 0 Å². The highest BCUT2D eigenvalue weighted by Gasteiger charge is 2.36. The molecule has 0 radical (unpaired) electrons. The first-order valence-electron chi connectivity index (χ1n) is 7.69. The number of Topliss-reactive ketones (excluding diaryl/α,β-unsaturated/α-hetero) is 1. The number of rotatable bonds is 5. The van der Waals surface area contributed by atoms with Gasteiger partial charge in [-0.2, -0.15) is 17.0 Å². The molecule has 5 nitrogen and oxygen atoms in total. The van der Waals surface area contributed by atoms with E-state index in [1.807, 2.05) is 13.8 Å². The van der Waals surface area contributed by atoms with Crippen molar-refractivity contribution < 1.29 is 13.2 Å². The molecular weight excluding hydrogens is 276 g/mol. The predicted octanol–water partition coefficient (Wildman–Crippen LogP) is 1.65. The highest BCUT2D eigenvalue weighted by Crippen LogP contribution is 2.25. The monoisotopic (exact) mass is 302 g/mol. The molecule has 6 heteroatoms. The summed E-state index contributed by atoms with van der Waals surface area (Å²) in [6.45, 7) is 6.25. The summed E-state index contributed by atoms with van der Waals surface area (Å²) >= 11 is 0. The van der Waals surface area contributed by atoms with Gasteiger partial charge < -0.3 is 0 Å². The van der Waals surface area contributed by atoms with E-state index in [1.165, 1.54) is 4.31 Å². The molecule has 2 aliphatic heterocycles. The van der Waals surface area contributed by atoms with Gasteiger partial charge in [-0.1, -0.05) is 13.8 Å². The predicted molar refractivity (Wildman–Crippen MR) is 78.5 cm³/mol. The second-order valence-corrected chi connectivity index (χ2v) is 8.30. The highest BCUT2D eigenvalue weighted by molar-refractivity contribution is 7.86. The van der Waals surface area contributed by atoms with E-state index in [0.717, 1.165) is 25.7 Å². The molecule has 2 aliphatic rings. The minimum Gasteiger partial charge on any atom is -0.299 e. The summed E-state index contributed by atoms with van der Waals surface area (Å²) in [5.74, 6) is 0.456. The van der Waals surface area contributed by atoms with E-state index in [4.69, 9.17) is 0 Å². The van der Waals surface area contributed by atoms with E-state index in [-0.39, 0.29) is 11.7 Å². The van der Waals surface area contributed by atoms with E-state index in [1.54, 1.807) is 4.31 Å². The fourth-order valence-corrected chi connectivity index (χ4v) is 4.84. The summed E-state index contributed by atoms with van der Waals surface area (Å²) in [6, 6.07) is 0. The minimum absolute atomic E-state index is 0.108. The molecule has 116 valence electrons. The zero-order valence-corrected chi connectivity index (χ0v) is 13.4. The summed E-state index contributed by atoms with van der Waals surface area (Å²) in [6.07, 6.45) is 4.08. The number of hydrogen-bond donors (Lipinski definition) is 0. The zero-order valence-electron chi connectivity index (χ0n) is 12.5. The first kappa shape index (κ1) is 15.9. The lowest BCUT2D eigenvalue weighted by atomic mass is 9.90. The Morgan fingerprint density at radius 3 is 2.30 bits per heavy atom. The van der Waals surface area contributed by atoms with Crippen molar-refractivity contribution in [3.05, 3.63) is 0 Å². The molecular formula is C14H26N2O3S. The lowest BCUT2D eigenvalue weighted by molar-refractivity contribution is -0.124. The standard InChI is InChI=1S/C14H26N2O3S/c1-12(2)10-14(17)13-6-5-9-16(11-13)20(18,19)15-7-3-4-8-15/h12-13H,3-11H2,1-2H3. The van der Waals surface area contributed by atoms with Gasteiger partial charge in [-0.3, -0.25) is 4.79 Å². The fraction of sp³-hybridized carbons (Fsp3) is 0.929. The van der Waals surface area contributed by atoms with E-state index in [9.17, 15) is 13.2 Å². The van der Waals surface area contributed by atoms with Crippen molar-refractivity contribution in [2.24, 2.45) is 11.8 Å². The van der Waals surface area contributed by atoms with Gasteiger partial charge in [0.05, 0.1) is 0 Å². The Labute approximate surface area is 122 Å². The Hall–Kier alpha value is -0.460. The van der Waals surface area contributed by atoms with Crippen LogP contribution in [0.15, 0.2) is 0 Å². The second-order valence-electron chi connectivity index (χ2n) is 6.38. The smallest absolute Gasteiger partial charge is 0.281 e. The first-order valence-corrected chi connectivity index (χ1v) is 9.09. The van der Waals surface area contributed by atoms with Crippen molar-refractivity contribution in [2.45, 2.75) is 46.0 Å². The maximum Gasteiger partial charge on any atom is 0.281 e. The Kier molecular flexibility index (Phi) is 5.20. The number of piperidine rings is 1. The molecule has 2 saturated heterocycles. The van der Waals surface area contributed by atoms with Gasteiger partial charge in [0.25, 0.3) is 10.2 Å². The number of carbonyl (C=O) groups is 1. The summed E-state index contributed by atoms with van der Waals surface area (Å²) in [5, 5.41) is 0. The normalized spacial score (nSPS) is 26.2. The van der Waals surface area contributed by atoms with Crippen LogP contribution in [0.2, 0.25) is 0 Å². The minimum atomic E-state index is -3.34. The van der Waals surface area contributed by atoms with Crippen LogP contribution in [0.4, 0.5) is 0 Å². The Bertz CT molecular complexity index is 441. The Morgan fingerprint density at radius 2 is 1.70 bits per heavy atom. The number of nitrogens with zero attached hydrogens (tertiary/aromatic N) is 2. The first-order chi connectivity index (χ1) is 9.41. The SMILES string of the molecule is CC(C)CC(=O)C1CCCN(S(=O)(=O)N2CCCC2)C1. The molecule has 1 unspecified atom stereocenters. The Balaban J connectivity index is 2.01. The molecule has 0 bridgehead atoms. The van der Waals surface area contributed by atoms with Crippen LogP contribution in [-0.4, -0.2) is 49.0 Å². The van der Waals surface area contributed by atoms with Crippen LogP contribution < -0.4 is 0 Å². The third kappa shape index (κ3) is 3.59. The number of hydrogen-bond acceptors (Lipinski definition) is 3. The van der Waals surface area contributed by atoms with Crippen LogP contribution in [-0.2, 0) is 15.0 Å². The molecule has 0 aromatic heterocycles. The maximum atomic E-state index is 12.5. The average molecular weight is 302 g/mol. The molecule has 2 heterocycles. The molecule has 0 aromatic carbocycles. The van der Waals surface area contributed by atoms with E-state index in [0.29, 0.717) is 38.5 Å². The van der Waals surface area contributed by atoms with Crippen molar-refractivity contribution in [3.63, 3.8) is 0 Å². The van der Waals surface area contributed by atoms with Gasteiger partial charge in [0.1, 0.15) is 5.78 Å².